The van der Waals surface area contributed by atoms with Crippen LogP contribution in [0.2, 0.25) is 0 Å². The summed E-state index contributed by atoms with van der Waals surface area (Å²) in [7, 11) is 0. The summed E-state index contributed by atoms with van der Waals surface area (Å²) in [6.07, 6.45) is 4.47. The summed E-state index contributed by atoms with van der Waals surface area (Å²) >= 11 is 1.85. The average Bonchev–Trinajstić information content (AvgIpc) is 2.56. The topological polar surface area (TPSA) is 0 Å². The highest BCUT2D eigenvalue weighted by Crippen LogP contribution is 2.56. The lowest BCUT2D eigenvalue weighted by Crippen LogP contribution is -2.08. The molecule has 0 radical (unpaired) electrons. The molecule has 0 bridgehead atoms. The van der Waals surface area contributed by atoms with Crippen LogP contribution >= 0.6 is 11.8 Å². The molecule has 1 aliphatic heterocycles. The van der Waals surface area contributed by atoms with Crippen molar-refractivity contribution >= 4 is 17.8 Å². The molecule has 2 unspecified atom stereocenters. The number of benzene rings is 1. The van der Waals surface area contributed by atoms with E-state index >= 15 is 0 Å². The van der Waals surface area contributed by atoms with Crippen molar-refractivity contribution in [2.45, 2.75) is 5.25 Å². The van der Waals surface area contributed by atoms with Gasteiger partial charge in [0.1, 0.15) is 0 Å². The van der Waals surface area contributed by atoms with Crippen LogP contribution in [0.3, 0.4) is 0 Å². The van der Waals surface area contributed by atoms with E-state index in [2.05, 4.69) is 49.6 Å². The van der Waals surface area contributed by atoms with Crippen molar-refractivity contribution in [3.8, 4) is 0 Å². The Morgan fingerprint density at radius 2 is 1.93 bits per heavy atom. The molecule has 1 saturated heterocycles. The first-order valence-corrected chi connectivity index (χ1v) is 5.97. The summed E-state index contributed by atoms with van der Waals surface area (Å²) in [6, 6.07) is 8.59. The SMILES string of the molecule is C=C1SC2c3ccccc3C=CC2C1=C. The Balaban J connectivity index is 2.15. The Morgan fingerprint density at radius 1 is 1.13 bits per heavy atom. The fraction of sp³-hybridized carbons (Fsp3) is 0.143. The summed E-state index contributed by atoms with van der Waals surface area (Å²) in [4.78, 5) is 1.14. The first kappa shape index (κ1) is 9.05. The van der Waals surface area contributed by atoms with Gasteiger partial charge in [-0.25, -0.2) is 0 Å². The van der Waals surface area contributed by atoms with E-state index in [1.807, 2.05) is 11.8 Å². The zero-order valence-electron chi connectivity index (χ0n) is 8.44. The Hall–Kier alpha value is -1.21. The number of rotatable bonds is 0. The molecular weight excluding hydrogens is 200 g/mol. The summed E-state index contributed by atoms with van der Waals surface area (Å²) in [5.74, 6) is 0.456. The lowest BCUT2D eigenvalue weighted by molar-refractivity contribution is 0.767. The largest absolute Gasteiger partial charge is 0.117 e. The minimum atomic E-state index is 0.456. The quantitative estimate of drug-likeness (QED) is 0.621. The fourth-order valence-electron chi connectivity index (χ4n) is 2.27. The summed E-state index contributed by atoms with van der Waals surface area (Å²) < 4.78 is 0. The van der Waals surface area contributed by atoms with Gasteiger partial charge in [0.15, 0.2) is 0 Å². The zero-order chi connectivity index (χ0) is 10.4. The molecule has 1 heterocycles. The Bertz CT molecular complexity index is 482. The predicted molar refractivity (Wildman–Crippen MR) is 67.6 cm³/mol. The van der Waals surface area contributed by atoms with E-state index in [0.717, 1.165) is 4.91 Å². The van der Waals surface area contributed by atoms with Crippen molar-refractivity contribution in [3.63, 3.8) is 0 Å². The third-order valence-corrected chi connectivity index (χ3v) is 4.49. The smallest absolute Gasteiger partial charge is 0.0453 e. The van der Waals surface area contributed by atoms with Gasteiger partial charge < -0.3 is 0 Å². The van der Waals surface area contributed by atoms with Gasteiger partial charge in [0, 0.05) is 16.1 Å². The normalized spacial score (nSPS) is 27.7. The van der Waals surface area contributed by atoms with Crippen LogP contribution < -0.4 is 0 Å². The second-order valence-corrected chi connectivity index (χ2v) is 5.24. The van der Waals surface area contributed by atoms with E-state index in [0.29, 0.717) is 11.2 Å². The van der Waals surface area contributed by atoms with Crippen LogP contribution in [-0.4, -0.2) is 0 Å². The molecule has 0 aromatic heterocycles. The van der Waals surface area contributed by atoms with E-state index in [-0.39, 0.29) is 0 Å². The molecule has 1 aliphatic carbocycles. The molecule has 3 rings (SSSR count). The highest BCUT2D eigenvalue weighted by atomic mass is 32.2. The van der Waals surface area contributed by atoms with E-state index in [9.17, 15) is 0 Å². The van der Waals surface area contributed by atoms with Crippen molar-refractivity contribution < 1.29 is 0 Å². The molecule has 0 nitrogen and oxygen atoms in total. The second kappa shape index (κ2) is 3.14. The number of hydrogen-bond acceptors (Lipinski definition) is 1. The monoisotopic (exact) mass is 212 g/mol. The first-order valence-electron chi connectivity index (χ1n) is 5.09. The molecule has 0 saturated carbocycles. The fourth-order valence-corrected chi connectivity index (χ4v) is 3.61. The third-order valence-electron chi connectivity index (χ3n) is 3.14. The number of thioether (sulfide) groups is 1. The van der Waals surface area contributed by atoms with Crippen molar-refractivity contribution in [3.05, 3.63) is 65.1 Å². The lowest BCUT2D eigenvalue weighted by Gasteiger charge is -2.22. The minimum absolute atomic E-state index is 0.456. The summed E-state index contributed by atoms with van der Waals surface area (Å²) in [5.41, 5.74) is 3.96. The highest BCUT2D eigenvalue weighted by Gasteiger charge is 2.35. The van der Waals surface area contributed by atoms with Crippen LogP contribution in [0.1, 0.15) is 16.4 Å². The Morgan fingerprint density at radius 3 is 2.80 bits per heavy atom. The van der Waals surface area contributed by atoms with Crippen LogP contribution in [0.25, 0.3) is 6.08 Å². The van der Waals surface area contributed by atoms with Gasteiger partial charge in [-0.2, -0.15) is 0 Å². The first-order chi connectivity index (χ1) is 7.27. The van der Waals surface area contributed by atoms with Crippen LogP contribution in [0.15, 0.2) is 54.0 Å². The zero-order valence-corrected chi connectivity index (χ0v) is 9.26. The van der Waals surface area contributed by atoms with Crippen LogP contribution in [0.5, 0.6) is 0 Å². The second-order valence-electron chi connectivity index (χ2n) is 4.00. The number of hydrogen-bond donors (Lipinski definition) is 0. The van der Waals surface area contributed by atoms with E-state index in [1.165, 1.54) is 16.7 Å². The Labute approximate surface area is 94.4 Å². The van der Waals surface area contributed by atoms with E-state index in [1.54, 1.807) is 0 Å². The van der Waals surface area contributed by atoms with Gasteiger partial charge in [-0.15, -0.1) is 11.8 Å². The lowest BCUT2D eigenvalue weighted by atomic mass is 9.85. The van der Waals surface area contributed by atoms with E-state index < -0.39 is 0 Å². The maximum Gasteiger partial charge on any atom is 0.0453 e. The molecule has 0 N–H and O–H groups in total. The molecule has 1 heteroatoms. The molecule has 74 valence electrons. The maximum absolute atomic E-state index is 4.12. The van der Waals surface area contributed by atoms with Gasteiger partial charge in [-0.1, -0.05) is 49.6 Å². The number of fused-ring (bicyclic) bond motifs is 3. The number of allylic oxidation sites excluding steroid dienone is 2. The van der Waals surface area contributed by atoms with Gasteiger partial charge >= 0.3 is 0 Å². The van der Waals surface area contributed by atoms with Gasteiger partial charge in [0.25, 0.3) is 0 Å². The van der Waals surface area contributed by atoms with Crippen LogP contribution in [-0.2, 0) is 0 Å². The van der Waals surface area contributed by atoms with Crippen molar-refractivity contribution in [1.29, 1.82) is 0 Å². The van der Waals surface area contributed by atoms with Gasteiger partial charge in [-0.3, -0.25) is 0 Å². The van der Waals surface area contributed by atoms with Crippen LogP contribution in [0.4, 0.5) is 0 Å². The molecule has 0 amide bonds. The van der Waals surface area contributed by atoms with Crippen molar-refractivity contribution in [2.75, 3.05) is 0 Å². The molecule has 1 aromatic rings. The third kappa shape index (κ3) is 1.23. The Kier molecular flexibility index (Phi) is 1.89. The highest BCUT2D eigenvalue weighted by molar-refractivity contribution is 8.03. The molecule has 0 spiro atoms. The molecular formula is C14H12S. The molecule has 1 aromatic carbocycles. The molecule has 1 fully saturated rings. The van der Waals surface area contributed by atoms with Crippen molar-refractivity contribution in [1.82, 2.24) is 0 Å². The summed E-state index contributed by atoms with van der Waals surface area (Å²) in [5, 5.41) is 0.506. The standard InChI is InChI=1S/C14H12S/c1-9-10(2)15-14-12(9)8-7-11-5-3-4-6-13(11)14/h3-8,12,14H,1-2H2. The molecule has 2 atom stereocenters. The maximum atomic E-state index is 4.12. The molecule has 2 aliphatic rings. The molecule has 15 heavy (non-hydrogen) atoms. The van der Waals surface area contributed by atoms with Crippen molar-refractivity contribution in [2.24, 2.45) is 5.92 Å². The predicted octanol–water partition coefficient (Wildman–Crippen LogP) is 4.19. The van der Waals surface area contributed by atoms with Gasteiger partial charge in [-0.05, 0) is 16.7 Å². The van der Waals surface area contributed by atoms with E-state index in [4.69, 9.17) is 0 Å². The summed E-state index contributed by atoms with van der Waals surface area (Å²) in [6.45, 7) is 8.18. The van der Waals surface area contributed by atoms with Gasteiger partial charge in [0.05, 0.1) is 0 Å². The average molecular weight is 212 g/mol. The minimum Gasteiger partial charge on any atom is -0.117 e. The van der Waals surface area contributed by atoms with Crippen LogP contribution in [0, 0.1) is 5.92 Å². The van der Waals surface area contributed by atoms with Gasteiger partial charge in [0.2, 0.25) is 0 Å².